The first-order valence-electron chi connectivity index (χ1n) is 9.95. The summed E-state index contributed by atoms with van der Waals surface area (Å²) < 4.78 is 41.1. The smallest absolute Gasteiger partial charge is 0.254 e. The molecule has 162 valence electrons. The molecule has 0 radical (unpaired) electrons. The molecule has 0 fully saturated rings. The molecule has 0 saturated heterocycles. The molecule has 31 heavy (non-hydrogen) atoms. The molecule has 0 aliphatic carbocycles. The van der Waals surface area contributed by atoms with Gasteiger partial charge in [-0.05, 0) is 66.2 Å². The fraction of sp³-hybridized carbons (Fsp3) is 0.261. The van der Waals surface area contributed by atoms with Gasteiger partial charge in [0.1, 0.15) is 5.82 Å². The molecule has 0 saturated carbocycles. The van der Waals surface area contributed by atoms with Crippen LogP contribution >= 0.6 is 11.3 Å². The van der Waals surface area contributed by atoms with Crippen molar-refractivity contribution in [3.05, 3.63) is 87.4 Å². The van der Waals surface area contributed by atoms with Crippen LogP contribution in [-0.2, 0) is 23.0 Å². The Morgan fingerprint density at radius 2 is 1.90 bits per heavy atom. The van der Waals surface area contributed by atoms with Crippen molar-refractivity contribution in [3.63, 3.8) is 0 Å². The van der Waals surface area contributed by atoms with Crippen LogP contribution in [0.1, 0.15) is 39.3 Å². The number of hydrogen-bond acceptors (Lipinski definition) is 4. The average Bonchev–Trinajstić information content (AvgIpc) is 3.26. The van der Waals surface area contributed by atoms with Crippen molar-refractivity contribution in [2.24, 2.45) is 0 Å². The number of amides is 1. The first-order chi connectivity index (χ1) is 14.8. The molecule has 1 unspecified atom stereocenters. The van der Waals surface area contributed by atoms with Gasteiger partial charge in [-0.1, -0.05) is 18.2 Å². The van der Waals surface area contributed by atoms with E-state index < -0.39 is 10.0 Å². The van der Waals surface area contributed by atoms with Crippen LogP contribution in [0.3, 0.4) is 0 Å². The van der Waals surface area contributed by atoms with E-state index in [1.807, 2.05) is 18.4 Å². The highest BCUT2D eigenvalue weighted by atomic mass is 32.2. The molecule has 4 rings (SSSR count). The van der Waals surface area contributed by atoms with Crippen LogP contribution in [0.5, 0.6) is 0 Å². The predicted octanol–water partition coefficient (Wildman–Crippen LogP) is 4.47. The van der Waals surface area contributed by atoms with E-state index in [2.05, 4.69) is 0 Å². The molecule has 5 nitrogen and oxygen atoms in total. The lowest BCUT2D eigenvalue weighted by molar-refractivity contribution is 0.0742. The summed E-state index contributed by atoms with van der Waals surface area (Å²) >= 11 is 1.65. The number of hydrogen-bond donors (Lipinski definition) is 0. The number of carbonyl (C=O) groups is 1. The fourth-order valence-electron chi connectivity index (χ4n) is 3.71. The molecule has 8 heteroatoms. The number of halogens is 1. The lowest BCUT2D eigenvalue weighted by Gasteiger charge is -2.27. The van der Waals surface area contributed by atoms with Crippen LogP contribution in [0, 0.1) is 5.82 Å². The summed E-state index contributed by atoms with van der Waals surface area (Å²) in [5.74, 6) is -0.636. The lowest BCUT2D eigenvalue weighted by atomic mass is 10.1. The van der Waals surface area contributed by atoms with E-state index in [0.29, 0.717) is 25.1 Å². The van der Waals surface area contributed by atoms with E-state index in [0.717, 1.165) is 11.1 Å². The first-order valence-corrected chi connectivity index (χ1v) is 12.3. The van der Waals surface area contributed by atoms with E-state index in [1.54, 1.807) is 42.6 Å². The molecule has 1 aliphatic heterocycles. The minimum atomic E-state index is -3.72. The second-order valence-electron chi connectivity index (χ2n) is 7.63. The highest BCUT2D eigenvalue weighted by molar-refractivity contribution is 7.89. The molecule has 0 spiro atoms. The third-order valence-electron chi connectivity index (χ3n) is 5.75. The summed E-state index contributed by atoms with van der Waals surface area (Å²) in [6.45, 7) is 2.62. The lowest BCUT2D eigenvalue weighted by Crippen LogP contribution is -2.35. The summed E-state index contributed by atoms with van der Waals surface area (Å²) in [6.07, 6.45) is 0.697. The van der Waals surface area contributed by atoms with E-state index in [1.165, 1.54) is 38.3 Å². The van der Waals surface area contributed by atoms with Gasteiger partial charge >= 0.3 is 0 Å². The number of thiophene rings is 1. The molecular weight excluding hydrogens is 435 g/mol. The summed E-state index contributed by atoms with van der Waals surface area (Å²) in [5, 5.41) is 1.98. The Bertz CT molecular complexity index is 1210. The van der Waals surface area contributed by atoms with E-state index >= 15 is 0 Å². The number of sulfonamides is 1. The molecule has 0 N–H and O–H groups in total. The zero-order chi connectivity index (χ0) is 22.2. The molecule has 1 aromatic heterocycles. The molecule has 3 aromatic rings. The summed E-state index contributed by atoms with van der Waals surface area (Å²) in [4.78, 5) is 15.9. The van der Waals surface area contributed by atoms with Gasteiger partial charge in [0.05, 0.1) is 10.9 Å². The molecule has 1 aliphatic rings. The van der Waals surface area contributed by atoms with E-state index in [9.17, 15) is 17.6 Å². The van der Waals surface area contributed by atoms with Crippen molar-refractivity contribution in [2.45, 2.75) is 30.8 Å². The molecule has 1 atom stereocenters. The maximum Gasteiger partial charge on any atom is 0.254 e. The Kier molecular flexibility index (Phi) is 5.96. The van der Waals surface area contributed by atoms with Gasteiger partial charge in [-0.3, -0.25) is 4.79 Å². The van der Waals surface area contributed by atoms with Gasteiger partial charge < -0.3 is 4.90 Å². The minimum absolute atomic E-state index is 0.111. The van der Waals surface area contributed by atoms with Crippen LogP contribution in [0.2, 0.25) is 0 Å². The van der Waals surface area contributed by atoms with Gasteiger partial charge in [-0.25, -0.2) is 12.8 Å². The van der Waals surface area contributed by atoms with E-state index in [-0.39, 0.29) is 22.7 Å². The molecule has 2 heterocycles. The van der Waals surface area contributed by atoms with Gasteiger partial charge in [-0.2, -0.15) is 4.31 Å². The quantitative estimate of drug-likeness (QED) is 0.567. The standard InChI is InChI=1S/C23H23FN2O3S2/c1-16(17-6-8-20(24)9-7-17)25(2)23(27)18-4-3-5-21(14-18)31(28,29)26-12-10-22-19(15-26)11-13-30-22/h3-9,11,13-14,16H,10,12,15H2,1-2H3. The van der Waals surface area contributed by atoms with Crippen molar-refractivity contribution in [2.75, 3.05) is 13.6 Å². The van der Waals surface area contributed by atoms with Crippen molar-refractivity contribution in [1.82, 2.24) is 9.21 Å². The van der Waals surface area contributed by atoms with Gasteiger partial charge in [-0.15, -0.1) is 11.3 Å². The van der Waals surface area contributed by atoms with Crippen LogP contribution < -0.4 is 0 Å². The number of benzene rings is 2. The van der Waals surface area contributed by atoms with Crippen LogP contribution in [0.25, 0.3) is 0 Å². The monoisotopic (exact) mass is 458 g/mol. The summed E-state index contributed by atoms with van der Waals surface area (Å²) in [7, 11) is -2.06. The Balaban J connectivity index is 1.56. The number of fused-ring (bicyclic) bond motifs is 1. The molecule has 1 amide bonds. The normalized spacial score (nSPS) is 15.3. The summed E-state index contributed by atoms with van der Waals surface area (Å²) in [5.41, 5.74) is 2.13. The Morgan fingerprint density at radius 3 is 2.65 bits per heavy atom. The highest BCUT2D eigenvalue weighted by Gasteiger charge is 2.30. The molecular formula is C23H23FN2O3S2. The second kappa shape index (κ2) is 8.53. The highest BCUT2D eigenvalue weighted by Crippen LogP contribution is 2.29. The van der Waals surface area contributed by atoms with Gasteiger partial charge in [0.2, 0.25) is 10.0 Å². The van der Waals surface area contributed by atoms with E-state index in [4.69, 9.17) is 0 Å². The van der Waals surface area contributed by atoms with Crippen LogP contribution in [0.15, 0.2) is 64.9 Å². The third-order valence-corrected chi connectivity index (χ3v) is 8.61. The predicted molar refractivity (Wildman–Crippen MR) is 119 cm³/mol. The number of carbonyl (C=O) groups excluding carboxylic acids is 1. The van der Waals surface area contributed by atoms with Crippen molar-refractivity contribution in [3.8, 4) is 0 Å². The Labute approximate surface area is 185 Å². The van der Waals surface area contributed by atoms with Crippen molar-refractivity contribution < 1.29 is 17.6 Å². The van der Waals surface area contributed by atoms with Gasteiger partial charge in [0.15, 0.2) is 0 Å². The van der Waals surface area contributed by atoms with Crippen LogP contribution in [-0.4, -0.2) is 37.1 Å². The van der Waals surface area contributed by atoms with Gasteiger partial charge in [0.25, 0.3) is 5.91 Å². The first kappa shape index (κ1) is 21.7. The Hall–Kier alpha value is -2.55. The van der Waals surface area contributed by atoms with Crippen molar-refractivity contribution in [1.29, 1.82) is 0 Å². The zero-order valence-corrected chi connectivity index (χ0v) is 18.9. The summed E-state index contributed by atoms with van der Waals surface area (Å²) in [6, 6.07) is 13.8. The topological polar surface area (TPSA) is 57.7 Å². The fourth-order valence-corrected chi connectivity index (χ4v) is 6.07. The largest absolute Gasteiger partial charge is 0.335 e. The average molecular weight is 459 g/mol. The van der Waals surface area contributed by atoms with Gasteiger partial charge in [0, 0.05) is 30.6 Å². The van der Waals surface area contributed by atoms with Crippen LogP contribution in [0.4, 0.5) is 4.39 Å². The maximum absolute atomic E-state index is 13.2. The number of nitrogens with zero attached hydrogens (tertiary/aromatic N) is 2. The third kappa shape index (κ3) is 4.28. The Morgan fingerprint density at radius 1 is 1.16 bits per heavy atom. The maximum atomic E-state index is 13.2. The second-order valence-corrected chi connectivity index (χ2v) is 10.6. The zero-order valence-electron chi connectivity index (χ0n) is 17.3. The molecule has 2 aromatic carbocycles. The molecule has 0 bridgehead atoms. The van der Waals surface area contributed by atoms with Crippen molar-refractivity contribution >= 4 is 27.3 Å². The number of rotatable bonds is 5. The minimum Gasteiger partial charge on any atom is -0.335 e. The SMILES string of the molecule is CC(c1ccc(F)cc1)N(C)C(=O)c1cccc(S(=O)(=O)N2CCc3sccc3C2)c1.